The smallest absolute Gasteiger partial charge is 0.220 e. The van der Waals surface area contributed by atoms with Gasteiger partial charge in [-0.05, 0) is 42.7 Å². The fraction of sp³-hybridized carbons (Fsp3) is 0.263. The lowest BCUT2D eigenvalue weighted by molar-refractivity contribution is -0.121. The van der Waals surface area contributed by atoms with E-state index < -0.39 is 0 Å². The van der Waals surface area contributed by atoms with Crippen LogP contribution >= 0.6 is 11.6 Å². The van der Waals surface area contributed by atoms with E-state index in [9.17, 15) is 4.79 Å². The fourth-order valence-electron chi connectivity index (χ4n) is 2.63. The number of carbonyl (C=O) groups excluding carboxylic acids is 1. The highest BCUT2D eigenvalue weighted by molar-refractivity contribution is 6.30. The third kappa shape index (κ3) is 4.59. The number of hydrogen-bond acceptors (Lipinski definition) is 2. The molecule has 0 spiro atoms. The van der Waals surface area contributed by atoms with Crippen LogP contribution in [-0.4, -0.2) is 22.4 Å². The number of nitrogens with one attached hydrogen (secondary N) is 2. The molecule has 0 saturated carbocycles. The van der Waals surface area contributed by atoms with Gasteiger partial charge in [0.2, 0.25) is 5.91 Å². The zero-order valence-electron chi connectivity index (χ0n) is 13.4. The Morgan fingerprint density at radius 1 is 1.08 bits per heavy atom. The molecular weight excluding hydrogens is 322 g/mol. The van der Waals surface area contributed by atoms with Crippen LogP contribution in [0.1, 0.15) is 24.2 Å². The molecule has 0 fully saturated rings. The van der Waals surface area contributed by atoms with E-state index in [0.29, 0.717) is 13.0 Å². The molecule has 0 radical (unpaired) electrons. The summed E-state index contributed by atoms with van der Waals surface area (Å²) in [6.45, 7) is 0.644. The molecule has 2 N–H and O–H groups in total. The number of hydrogen-bond donors (Lipinski definition) is 2. The van der Waals surface area contributed by atoms with Gasteiger partial charge in [0.05, 0.1) is 11.0 Å². The molecule has 5 heteroatoms. The Bertz CT molecular complexity index is 778. The second-order valence-electron chi connectivity index (χ2n) is 5.78. The first-order valence-corrected chi connectivity index (χ1v) is 8.53. The van der Waals surface area contributed by atoms with Crippen LogP contribution in [0.25, 0.3) is 11.0 Å². The molecule has 24 heavy (non-hydrogen) atoms. The number of aromatic nitrogens is 2. The summed E-state index contributed by atoms with van der Waals surface area (Å²) in [4.78, 5) is 19.7. The van der Waals surface area contributed by atoms with Crippen LogP contribution in [0.5, 0.6) is 0 Å². The lowest BCUT2D eigenvalue weighted by Gasteiger charge is -2.05. The number of amides is 1. The molecule has 0 aliphatic carbocycles. The van der Waals surface area contributed by atoms with Crippen molar-refractivity contribution >= 4 is 28.5 Å². The molecule has 0 atom stereocenters. The topological polar surface area (TPSA) is 57.8 Å². The average molecular weight is 342 g/mol. The molecule has 1 aromatic heterocycles. The normalized spacial score (nSPS) is 10.9. The van der Waals surface area contributed by atoms with Gasteiger partial charge in [-0.3, -0.25) is 4.79 Å². The van der Waals surface area contributed by atoms with Gasteiger partial charge in [-0.25, -0.2) is 4.98 Å². The van der Waals surface area contributed by atoms with Crippen molar-refractivity contribution in [3.8, 4) is 0 Å². The summed E-state index contributed by atoms with van der Waals surface area (Å²) in [5, 5.41) is 3.69. The van der Waals surface area contributed by atoms with Crippen molar-refractivity contribution in [1.82, 2.24) is 15.3 Å². The van der Waals surface area contributed by atoms with Crippen LogP contribution in [0.2, 0.25) is 5.02 Å². The molecule has 4 nitrogen and oxygen atoms in total. The number of imidazole rings is 1. The lowest BCUT2D eigenvalue weighted by atomic mass is 10.1. The van der Waals surface area contributed by atoms with Gasteiger partial charge in [-0.1, -0.05) is 35.9 Å². The first-order valence-electron chi connectivity index (χ1n) is 8.15. The Hall–Kier alpha value is -2.33. The summed E-state index contributed by atoms with van der Waals surface area (Å²) in [5.41, 5.74) is 3.18. The maximum Gasteiger partial charge on any atom is 0.220 e. The molecule has 0 unspecified atom stereocenters. The Kier molecular flexibility index (Phi) is 5.49. The molecule has 1 heterocycles. The van der Waals surface area contributed by atoms with Crippen molar-refractivity contribution in [3.63, 3.8) is 0 Å². The SMILES string of the molecule is O=C(CCCc1nc2ccccc2[nH]1)NCCc1ccc(Cl)cc1. The van der Waals surface area contributed by atoms with E-state index in [1.54, 1.807) is 0 Å². The molecule has 0 aliphatic heterocycles. The summed E-state index contributed by atoms with van der Waals surface area (Å²) < 4.78 is 0. The van der Waals surface area contributed by atoms with Crippen molar-refractivity contribution in [2.45, 2.75) is 25.7 Å². The van der Waals surface area contributed by atoms with E-state index in [2.05, 4.69) is 15.3 Å². The zero-order chi connectivity index (χ0) is 16.8. The van der Waals surface area contributed by atoms with Crippen molar-refractivity contribution in [2.75, 3.05) is 6.54 Å². The van der Waals surface area contributed by atoms with E-state index in [1.807, 2.05) is 48.5 Å². The third-order valence-corrected chi connectivity index (χ3v) is 4.16. The largest absolute Gasteiger partial charge is 0.356 e. The minimum Gasteiger partial charge on any atom is -0.356 e. The number of fused-ring (bicyclic) bond motifs is 1. The maximum atomic E-state index is 11.9. The number of aryl methyl sites for hydroxylation is 1. The van der Waals surface area contributed by atoms with Crippen molar-refractivity contribution in [1.29, 1.82) is 0 Å². The predicted molar refractivity (Wildman–Crippen MR) is 97.2 cm³/mol. The number of halogens is 1. The summed E-state index contributed by atoms with van der Waals surface area (Å²) in [5.74, 6) is 1.02. The zero-order valence-corrected chi connectivity index (χ0v) is 14.1. The highest BCUT2D eigenvalue weighted by atomic mass is 35.5. The van der Waals surface area contributed by atoms with Gasteiger partial charge in [0.25, 0.3) is 0 Å². The molecule has 0 bridgehead atoms. The van der Waals surface area contributed by atoms with Crippen LogP contribution in [0.3, 0.4) is 0 Å². The summed E-state index contributed by atoms with van der Waals surface area (Å²) in [6.07, 6.45) is 2.88. The molecular formula is C19H20ClN3O. The summed E-state index contributed by atoms with van der Waals surface area (Å²) in [7, 11) is 0. The Morgan fingerprint density at radius 3 is 2.67 bits per heavy atom. The lowest BCUT2D eigenvalue weighted by Crippen LogP contribution is -2.25. The van der Waals surface area contributed by atoms with Crippen LogP contribution in [0.4, 0.5) is 0 Å². The first kappa shape index (κ1) is 16.5. The van der Waals surface area contributed by atoms with Crippen LogP contribution in [-0.2, 0) is 17.6 Å². The van der Waals surface area contributed by atoms with Crippen molar-refractivity contribution in [3.05, 3.63) is 64.9 Å². The Labute approximate surface area is 146 Å². The summed E-state index contributed by atoms with van der Waals surface area (Å²) >= 11 is 5.85. The number of aromatic amines is 1. The van der Waals surface area contributed by atoms with Crippen LogP contribution in [0, 0.1) is 0 Å². The van der Waals surface area contributed by atoms with E-state index in [1.165, 1.54) is 5.56 Å². The number of benzene rings is 2. The van der Waals surface area contributed by atoms with Crippen LogP contribution < -0.4 is 5.32 Å². The predicted octanol–water partition coefficient (Wildman–Crippen LogP) is 3.90. The molecule has 2 aromatic carbocycles. The fourth-order valence-corrected chi connectivity index (χ4v) is 2.75. The molecule has 0 saturated heterocycles. The Morgan fingerprint density at radius 2 is 1.88 bits per heavy atom. The second-order valence-corrected chi connectivity index (χ2v) is 6.22. The molecule has 0 aliphatic rings. The van der Waals surface area contributed by atoms with Gasteiger partial charge >= 0.3 is 0 Å². The number of rotatable bonds is 7. The van der Waals surface area contributed by atoms with E-state index >= 15 is 0 Å². The van der Waals surface area contributed by atoms with E-state index in [0.717, 1.165) is 41.1 Å². The first-order chi connectivity index (χ1) is 11.7. The van der Waals surface area contributed by atoms with Gasteiger partial charge in [-0.15, -0.1) is 0 Å². The number of para-hydroxylation sites is 2. The quantitative estimate of drug-likeness (QED) is 0.684. The van der Waals surface area contributed by atoms with Gasteiger partial charge in [-0.2, -0.15) is 0 Å². The summed E-state index contributed by atoms with van der Waals surface area (Å²) in [6, 6.07) is 15.7. The number of nitrogens with zero attached hydrogens (tertiary/aromatic N) is 1. The highest BCUT2D eigenvalue weighted by Gasteiger charge is 2.05. The second kappa shape index (κ2) is 7.97. The van der Waals surface area contributed by atoms with E-state index in [-0.39, 0.29) is 5.91 Å². The third-order valence-electron chi connectivity index (χ3n) is 3.90. The van der Waals surface area contributed by atoms with Gasteiger partial charge in [0, 0.05) is 24.4 Å². The van der Waals surface area contributed by atoms with E-state index in [4.69, 9.17) is 11.6 Å². The van der Waals surface area contributed by atoms with Gasteiger partial charge < -0.3 is 10.3 Å². The molecule has 124 valence electrons. The molecule has 1 amide bonds. The Balaban J connectivity index is 1.37. The molecule has 3 rings (SSSR count). The molecule has 3 aromatic rings. The maximum absolute atomic E-state index is 11.9. The standard InChI is InChI=1S/C19H20ClN3O/c20-15-10-8-14(9-11-15)12-13-21-19(24)7-3-6-18-22-16-4-1-2-5-17(16)23-18/h1-2,4-5,8-11H,3,6-7,12-13H2,(H,21,24)(H,22,23). The monoisotopic (exact) mass is 341 g/mol. The van der Waals surface area contributed by atoms with Crippen molar-refractivity contribution in [2.24, 2.45) is 0 Å². The van der Waals surface area contributed by atoms with Crippen LogP contribution in [0.15, 0.2) is 48.5 Å². The average Bonchev–Trinajstić information content (AvgIpc) is 2.99. The van der Waals surface area contributed by atoms with Gasteiger partial charge in [0.15, 0.2) is 0 Å². The number of H-pyrrole nitrogens is 1. The minimum atomic E-state index is 0.0834. The highest BCUT2D eigenvalue weighted by Crippen LogP contribution is 2.12. The minimum absolute atomic E-state index is 0.0834. The van der Waals surface area contributed by atoms with Gasteiger partial charge in [0.1, 0.15) is 5.82 Å². The van der Waals surface area contributed by atoms with Crippen molar-refractivity contribution < 1.29 is 4.79 Å². The number of carbonyl (C=O) groups is 1.